The molecule has 3 heteroatoms. The standard InChI is InChI=1S/C22H45NO2/c1-4-5-6-7-8-9-10-11-12-13-14-15-16-17-18-25-22(24)21(23)19-20(2)3/h20-21H,4-19,23H2,1-3H3. The van der Waals surface area contributed by atoms with Gasteiger partial charge in [-0.05, 0) is 18.8 Å². The number of carbonyl (C=O) groups is 1. The number of hydrogen-bond donors (Lipinski definition) is 1. The van der Waals surface area contributed by atoms with Crippen molar-refractivity contribution in [2.45, 2.75) is 123 Å². The quantitative estimate of drug-likeness (QED) is 0.229. The first-order valence-corrected chi connectivity index (χ1v) is 11.0. The molecule has 0 bridgehead atoms. The second-order valence-corrected chi connectivity index (χ2v) is 8.00. The molecule has 0 saturated carbocycles. The summed E-state index contributed by atoms with van der Waals surface area (Å²) in [6.45, 7) is 6.94. The normalized spacial score (nSPS) is 12.5. The van der Waals surface area contributed by atoms with Gasteiger partial charge in [-0.2, -0.15) is 0 Å². The summed E-state index contributed by atoms with van der Waals surface area (Å²) in [7, 11) is 0. The maximum absolute atomic E-state index is 11.7. The van der Waals surface area contributed by atoms with Gasteiger partial charge in [0.05, 0.1) is 6.61 Å². The fourth-order valence-corrected chi connectivity index (χ4v) is 3.18. The molecule has 0 aliphatic heterocycles. The van der Waals surface area contributed by atoms with E-state index in [1.165, 1.54) is 77.0 Å². The highest BCUT2D eigenvalue weighted by Crippen LogP contribution is 2.13. The zero-order valence-electron chi connectivity index (χ0n) is 17.4. The molecule has 0 aliphatic carbocycles. The first kappa shape index (κ1) is 24.4. The number of rotatable bonds is 18. The van der Waals surface area contributed by atoms with E-state index in [-0.39, 0.29) is 5.97 Å². The van der Waals surface area contributed by atoms with E-state index in [0.717, 1.165) is 12.8 Å². The fourth-order valence-electron chi connectivity index (χ4n) is 3.18. The van der Waals surface area contributed by atoms with E-state index in [1.54, 1.807) is 0 Å². The molecule has 1 atom stereocenters. The molecule has 0 aliphatic rings. The Morgan fingerprint density at radius 3 is 1.56 bits per heavy atom. The summed E-state index contributed by atoms with van der Waals surface area (Å²) in [5.41, 5.74) is 5.80. The Bertz CT molecular complexity index is 292. The second kappa shape index (κ2) is 18.2. The van der Waals surface area contributed by atoms with Crippen LogP contribution in [-0.4, -0.2) is 18.6 Å². The van der Waals surface area contributed by atoms with Gasteiger partial charge in [0.25, 0.3) is 0 Å². The van der Waals surface area contributed by atoms with Crippen LogP contribution in [0.5, 0.6) is 0 Å². The lowest BCUT2D eigenvalue weighted by Gasteiger charge is -2.13. The first-order valence-electron chi connectivity index (χ1n) is 11.0. The van der Waals surface area contributed by atoms with E-state index in [9.17, 15) is 4.79 Å². The Balaban J connectivity index is 3.20. The highest BCUT2D eigenvalue weighted by atomic mass is 16.5. The molecule has 0 heterocycles. The minimum absolute atomic E-state index is 0.233. The maximum atomic E-state index is 11.7. The molecular weight excluding hydrogens is 310 g/mol. The van der Waals surface area contributed by atoms with Crippen molar-refractivity contribution in [1.29, 1.82) is 0 Å². The van der Waals surface area contributed by atoms with E-state index in [0.29, 0.717) is 18.9 Å². The van der Waals surface area contributed by atoms with Gasteiger partial charge in [-0.1, -0.05) is 104 Å². The van der Waals surface area contributed by atoms with Crippen molar-refractivity contribution in [2.75, 3.05) is 6.61 Å². The number of esters is 1. The van der Waals surface area contributed by atoms with Gasteiger partial charge < -0.3 is 10.5 Å². The minimum atomic E-state index is -0.452. The van der Waals surface area contributed by atoms with Gasteiger partial charge in [0.2, 0.25) is 0 Å². The van der Waals surface area contributed by atoms with Crippen LogP contribution in [0, 0.1) is 5.92 Å². The second-order valence-electron chi connectivity index (χ2n) is 8.00. The molecule has 0 spiro atoms. The fraction of sp³-hybridized carbons (Fsp3) is 0.955. The lowest BCUT2D eigenvalue weighted by Crippen LogP contribution is -2.33. The zero-order chi connectivity index (χ0) is 18.8. The molecule has 0 aromatic heterocycles. The minimum Gasteiger partial charge on any atom is -0.465 e. The van der Waals surface area contributed by atoms with Gasteiger partial charge in [0.1, 0.15) is 6.04 Å². The smallest absolute Gasteiger partial charge is 0.322 e. The molecule has 150 valence electrons. The lowest BCUT2D eigenvalue weighted by atomic mass is 10.0. The summed E-state index contributed by atoms with van der Waals surface area (Å²) >= 11 is 0. The van der Waals surface area contributed by atoms with E-state index in [2.05, 4.69) is 20.8 Å². The molecule has 25 heavy (non-hydrogen) atoms. The number of nitrogens with two attached hydrogens (primary N) is 1. The lowest BCUT2D eigenvalue weighted by molar-refractivity contribution is -0.145. The van der Waals surface area contributed by atoms with Crippen LogP contribution in [0.25, 0.3) is 0 Å². The molecule has 1 unspecified atom stereocenters. The van der Waals surface area contributed by atoms with E-state index in [1.807, 2.05) is 0 Å². The van der Waals surface area contributed by atoms with Gasteiger partial charge in [-0.25, -0.2) is 0 Å². The molecule has 0 saturated heterocycles. The van der Waals surface area contributed by atoms with Crippen molar-refractivity contribution in [3.05, 3.63) is 0 Å². The number of hydrogen-bond acceptors (Lipinski definition) is 3. The molecular formula is C22H45NO2. The van der Waals surface area contributed by atoms with Crippen molar-refractivity contribution in [3.8, 4) is 0 Å². The average molecular weight is 356 g/mol. The highest BCUT2D eigenvalue weighted by molar-refractivity contribution is 5.75. The van der Waals surface area contributed by atoms with Crippen molar-refractivity contribution in [3.63, 3.8) is 0 Å². The SMILES string of the molecule is CCCCCCCCCCCCCCCCOC(=O)C(N)CC(C)C. The largest absolute Gasteiger partial charge is 0.465 e. The van der Waals surface area contributed by atoms with Gasteiger partial charge >= 0.3 is 5.97 Å². The van der Waals surface area contributed by atoms with Gasteiger partial charge in [0, 0.05) is 0 Å². The number of ether oxygens (including phenoxy) is 1. The predicted molar refractivity (Wildman–Crippen MR) is 109 cm³/mol. The van der Waals surface area contributed by atoms with E-state index >= 15 is 0 Å². The van der Waals surface area contributed by atoms with Crippen LogP contribution in [0.15, 0.2) is 0 Å². The zero-order valence-corrected chi connectivity index (χ0v) is 17.4. The van der Waals surface area contributed by atoms with E-state index < -0.39 is 6.04 Å². The Morgan fingerprint density at radius 1 is 0.760 bits per heavy atom. The third-order valence-corrected chi connectivity index (χ3v) is 4.77. The third kappa shape index (κ3) is 18.0. The molecule has 3 nitrogen and oxygen atoms in total. The topological polar surface area (TPSA) is 52.3 Å². The van der Waals surface area contributed by atoms with Crippen LogP contribution in [0.1, 0.15) is 117 Å². The summed E-state index contributed by atoms with van der Waals surface area (Å²) in [6.07, 6.45) is 19.4. The van der Waals surface area contributed by atoms with Crippen molar-refractivity contribution in [1.82, 2.24) is 0 Å². The van der Waals surface area contributed by atoms with Crippen LogP contribution >= 0.6 is 0 Å². The number of carbonyl (C=O) groups excluding carboxylic acids is 1. The van der Waals surface area contributed by atoms with Crippen molar-refractivity contribution in [2.24, 2.45) is 11.7 Å². The van der Waals surface area contributed by atoms with Gasteiger partial charge in [0.15, 0.2) is 0 Å². The van der Waals surface area contributed by atoms with Gasteiger partial charge in [-0.15, -0.1) is 0 Å². The molecule has 0 amide bonds. The number of unbranched alkanes of at least 4 members (excludes halogenated alkanes) is 13. The van der Waals surface area contributed by atoms with E-state index in [4.69, 9.17) is 10.5 Å². The van der Waals surface area contributed by atoms with Crippen LogP contribution in [0.2, 0.25) is 0 Å². The molecule has 2 N–H and O–H groups in total. The van der Waals surface area contributed by atoms with Gasteiger partial charge in [-0.3, -0.25) is 4.79 Å². The van der Waals surface area contributed by atoms with Crippen molar-refractivity contribution < 1.29 is 9.53 Å². The Hall–Kier alpha value is -0.570. The molecule has 0 radical (unpaired) electrons. The molecule has 0 fully saturated rings. The summed E-state index contributed by atoms with van der Waals surface area (Å²) in [5.74, 6) is 0.201. The summed E-state index contributed by atoms with van der Waals surface area (Å²) < 4.78 is 5.25. The van der Waals surface area contributed by atoms with Crippen LogP contribution in [0.4, 0.5) is 0 Å². The molecule has 0 rings (SSSR count). The van der Waals surface area contributed by atoms with Crippen LogP contribution in [0.3, 0.4) is 0 Å². The summed E-state index contributed by atoms with van der Waals surface area (Å²) in [6, 6.07) is -0.452. The highest BCUT2D eigenvalue weighted by Gasteiger charge is 2.15. The average Bonchev–Trinajstić information content (AvgIpc) is 2.57. The monoisotopic (exact) mass is 355 g/mol. The third-order valence-electron chi connectivity index (χ3n) is 4.77. The first-order chi connectivity index (χ1) is 12.1. The predicted octanol–water partition coefficient (Wildman–Crippen LogP) is 6.38. The maximum Gasteiger partial charge on any atom is 0.322 e. The summed E-state index contributed by atoms with van der Waals surface area (Å²) in [5, 5.41) is 0. The van der Waals surface area contributed by atoms with Crippen LogP contribution in [-0.2, 0) is 9.53 Å². The summed E-state index contributed by atoms with van der Waals surface area (Å²) in [4.78, 5) is 11.7. The Kier molecular flexibility index (Phi) is 17.8. The molecule has 0 aromatic carbocycles. The Labute approximate surface area is 157 Å². The van der Waals surface area contributed by atoms with Crippen LogP contribution < -0.4 is 5.73 Å². The Morgan fingerprint density at radius 2 is 1.16 bits per heavy atom. The molecule has 0 aromatic rings. The van der Waals surface area contributed by atoms with Crippen molar-refractivity contribution >= 4 is 5.97 Å².